The van der Waals surface area contributed by atoms with Gasteiger partial charge in [0.15, 0.2) is 0 Å². The molecule has 3 fully saturated rings. The molecule has 2 amide bonds. The molecule has 1 aromatic rings. The van der Waals surface area contributed by atoms with Gasteiger partial charge < -0.3 is 9.80 Å². The highest BCUT2D eigenvalue weighted by molar-refractivity contribution is 5.89. The third kappa shape index (κ3) is 3.51. The fraction of sp³-hybridized carbons (Fsp3) is 0.636. The lowest BCUT2D eigenvalue weighted by atomic mass is 9.78. The predicted octanol–water partition coefficient (Wildman–Crippen LogP) is 3.52. The summed E-state index contributed by atoms with van der Waals surface area (Å²) in [5.41, 5.74) is 2.36. The molecule has 3 unspecified atom stereocenters. The van der Waals surface area contributed by atoms with E-state index in [0.29, 0.717) is 31.5 Å². The van der Waals surface area contributed by atoms with Crippen LogP contribution in [0, 0.1) is 18.8 Å². The van der Waals surface area contributed by atoms with Crippen molar-refractivity contribution >= 4 is 11.8 Å². The van der Waals surface area contributed by atoms with Gasteiger partial charge in [0.1, 0.15) is 0 Å². The molecule has 0 aromatic heterocycles. The van der Waals surface area contributed by atoms with Crippen LogP contribution < -0.4 is 0 Å². The van der Waals surface area contributed by atoms with Crippen LogP contribution in [0.4, 0.5) is 0 Å². The quantitative estimate of drug-likeness (QED) is 0.833. The maximum absolute atomic E-state index is 13.2. The Hall–Kier alpha value is -1.84. The summed E-state index contributed by atoms with van der Waals surface area (Å²) in [4.78, 5) is 29.7. The van der Waals surface area contributed by atoms with E-state index >= 15 is 0 Å². The highest BCUT2D eigenvalue weighted by Gasteiger charge is 2.41. The largest absolute Gasteiger partial charge is 0.339 e. The van der Waals surface area contributed by atoms with Crippen molar-refractivity contribution in [3.8, 4) is 0 Å². The Bertz CT molecular complexity index is 667. The molecule has 2 aliphatic heterocycles. The first-order chi connectivity index (χ1) is 12.6. The fourth-order valence-electron chi connectivity index (χ4n) is 5.14. The molecule has 0 bridgehead atoms. The van der Waals surface area contributed by atoms with Crippen LogP contribution in [0.1, 0.15) is 56.1 Å². The zero-order valence-electron chi connectivity index (χ0n) is 15.8. The van der Waals surface area contributed by atoms with E-state index in [1.54, 1.807) is 0 Å². The molecule has 26 heavy (non-hydrogen) atoms. The summed E-state index contributed by atoms with van der Waals surface area (Å²) in [7, 11) is 0. The first-order valence-corrected chi connectivity index (χ1v) is 10.3. The molecule has 0 N–H and O–H groups in total. The molecule has 140 valence electrons. The van der Waals surface area contributed by atoms with Crippen LogP contribution in [0.15, 0.2) is 24.3 Å². The summed E-state index contributed by atoms with van der Waals surface area (Å²) in [6, 6.07) is 8.75. The second kappa shape index (κ2) is 7.42. The number of carbonyl (C=O) groups is 2. The van der Waals surface area contributed by atoms with Gasteiger partial charge in [0.25, 0.3) is 0 Å². The third-order valence-corrected chi connectivity index (χ3v) is 6.58. The number of aryl methyl sites for hydroxylation is 1. The summed E-state index contributed by atoms with van der Waals surface area (Å²) >= 11 is 0. The molecule has 3 atom stereocenters. The highest BCUT2D eigenvalue weighted by atomic mass is 16.2. The Morgan fingerprint density at radius 3 is 2.62 bits per heavy atom. The number of likely N-dealkylation sites (tertiary alicyclic amines) is 2. The molecule has 1 aliphatic carbocycles. The van der Waals surface area contributed by atoms with Crippen molar-refractivity contribution < 1.29 is 9.59 Å². The van der Waals surface area contributed by atoms with Gasteiger partial charge >= 0.3 is 0 Å². The lowest BCUT2D eigenvalue weighted by molar-refractivity contribution is -0.142. The molecule has 0 radical (unpaired) electrons. The Labute approximate surface area is 156 Å². The van der Waals surface area contributed by atoms with E-state index in [0.717, 1.165) is 24.9 Å². The number of carbonyl (C=O) groups excluding carboxylic acids is 2. The molecule has 2 saturated heterocycles. The average molecular weight is 354 g/mol. The van der Waals surface area contributed by atoms with Crippen LogP contribution in [0.2, 0.25) is 0 Å². The number of piperidine rings is 1. The zero-order chi connectivity index (χ0) is 18.1. The summed E-state index contributed by atoms with van der Waals surface area (Å²) in [6.45, 7) is 4.16. The van der Waals surface area contributed by atoms with Gasteiger partial charge in [0.05, 0.1) is 5.92 Å². The van der Waals surface area contributed by atoms with Crippen molar-refractivity contribution in [3.63, 3.8) is 0 Å². The normalized spacial score (nSPS) is 29.0. The molecule has 4 rings (SSSR count). The smallest absolute Gasteiger partial charge is 0.228 e. The number of amides is 2. The summed E-state index contributed by atoms with van der Waals surface area (Å²) in [6.07, 6.45) is 7.78. The minimum absolute atomic E-state index is 0.126. The number of rotatable bonds is 3. The van der Waals surface area contributed by atoms with Crippen molar-refractivity contribution in [2.75, 3.05) is 13.1 Å². The molecule has 3 aliphatic rings. The topological polar surface area (TPSA) is 40.6 Å². The second-order valence-corrected chi connectivity index (χ2v) is 8.45. The zero-order valence-corrected chi connectivity index (χ0v) is 15.8. The van der Waals surface area contributed by atoms with Gasteiger partial charge in [-0.05, 0) is 44.1 Å². The highest BCUT2D eigenvalue weighted by Crippen LogP contribution is 2.36. The molecule has 0 spiro atoms. The molecule has 4 nitrogen and oxygen atoms in total. The van der Waals surface area contributed by atoms with Crippen molar-refractivity contribution in [1.82, 2.24) is 9.80 Å². The number of hydrogen-bond donors (Lipinski definition) is 0. The van der Waals surface area contributed by atoms with Crippen LogP contribution in [0.25, 0.3) is 0 Å². The Balaban J connectivity index is 1.41. The molecule has 1 aromatic carbocycles. The maximum atomic E-state index is 13.2. The van der Waals surface area contributed by atoms with Gasteiger partial charge in [-0.2, -0.15) is 0 Å². The van der Waals surface area contributed by atoms with Gasteiger partial charge in [0, 0.05) is 32.1 Å². The van der Waals surface area contributed by atoms with E-state index in [4.69, 9.17) is 0 Å². The number of hydrogen-bond acceptors (Lipinski definition) is 2. The monoisotopic (exact) mass is 354 g/mol. The summed E-state index contributed by atoms with van der Waals surface area (Å²) in [5.74, 6) is 0.915. The Kier molecular flexibility index (Phi) is 5.01. The minimum Gasteiger partial charge on any atom is -0.339 e. The summed E-state index contributed by atoms with van der Waals surface area (Å²) in [5, 5.41) is 0. The van der Waals surface area contributed by atoms with Crippen molar-refractivity contribution in [2.45, 2.75) is 64.5 Å². The van der Waals surface area contributed by atoms with E-state index in [1.165, 1.54) is 31.2 Å². The van der Waals surface area contributed by atoms with Crippen molar-refractivity contribution in [2.24, 2.45) is 11.8 Å². The van der Waals surface area contributed by atoms with Gasteiger partial charge in [-0.25, -0.2) is 0 Å². The standard InChI is InChI=1S/C22H30N2O2/c1-16-8-10-17(11-9-16)14-23-15-19(13-21(23)25)22(26)24-12-4-6-18-5-2-3-7-20(18)24/h8-11,18-20H,2-7,12-15H2,1H3. The van der Waals surface area contributed by atoms with Gasteiger partial charge in [-0.15, -0.1) is 0 Å². The SMILES string of the molecule is Cc1ccc(CN2CC(C(=O)N3CCCC4CCCCC43)CC2=O)cc1. The molecule has 4 heteroatoms. The van der Waals surface area contributed by atoms with Crippen LogP contribution in [0.5, 0.6) is 0 Å². The van der Waals surface area contributed by atoms with Gasteiger partial charge in [0.2, 0.25) is 11.8 Å². The van der Waals surface area contributed by atoms with E-state index in [1.807, 2.05) is 4.90 Å². The number of fused-ring (bicyclic) bond motifs is 1. The van der Waals surface area contributed by atoms with E-state index in [9.17, 15) is 9.59 Å². The van der Waals surface area contributed by atoms with Gasteiger partial charge in [-0.1, -0.05) is 42.7 Å². The Morgan fingerprint density at radius 1 is 1.08 bits per heavy atom. The summed E-state index contributed by atoms with van der Waals surface area (Å²) < 4.78 is 0. The molecular formula is C22H30N2O2. The van der Waals surface area contributed by atoms with Gasteiger partial charge in [-0.3, -0.25) is 9.59 Å². The predicted molar refractivity (Wildman–Crippen MR) is 101 cm³/mol. The third-order valence-electron chi connectivity index (χ3n) is 6.58. The van der Waals surface area contributed by atoms with Crippen LogP contribution in [0.3, 0.4) is 0 Å². The lowest BCUT2D eigenvalue weighted by Crippen LogP contribution is -2.51. The van der Waals surface area contributed by atoms with Crippen LogP contribution in [-0.2, 0) is 16.1 Å². The lowest BCUT2D eigenvalue weighted by Gasteiger charge is -2.45. The van der Waals surface area contributed by atoms with E-state index < -0.39 is 0 Å². The van der Waals surface area contributed by atoms with Crippen LogP contribution in [-0.4, -0.2) is 40.7 Å². The van der Waals surface area contributed by atoms with E-state index in [-0.39, 0.29) is 17.7 Å². The van der Waals surface area contributed by atoms with Crippen molar-refractivity contribution in [1.29, 1.82) is 0 Å². The minimum atomic E-state index is -0.145. The average Bonchev–Trinajstić information content (AvgIpc) is 3.03. The Morgan fingerprint density at radius 2 is 1.81 bits per heavy atom. The fourth-order valence-corrected chi connectivity index (χ4v) is 5.14. The first kappa shape index (κ1) is 17.6. The molecule has 1 saturated carbocycles. The number of nitrogens with zero attached hydrogens (tertiary/aromatic N) is 2. The number of benzene rings is 1. The maximum Gasteiger partial charge on any atom is 0.228 e. The van der Waals surface area contributed by atoms with E-state index in [2.05, 4.69) is 36.1 Å². The van der Waals surface area contributed by atoms with Crippen molar-refractivity contribution in [3.05, 3.63) is 35.4 Å². The molecule has 2 heterocycles. The van der Waals surface area contributed by atoms with Crippen LogP contribution >= 0.6 is 0 Å². The second-order valence-electron chi connectivity index (χ2n) is 8.45. The first-order valence-electron chi connectivity index (χ1n) is 10.3. The molecular weight excluding hydrogens is 324 g/mol.